The maximum Gasteiger partial charge on any atom is 0.417 e. The highest BCUT2D eigenvalue weighted by Gasteiger charge is 2.35. The number of aromatic hydroxyl groups is 1. The largest absolute Gasteiger partial charge is 0.508 e. The third-order valence-corrected chi connectivity index (χ3v) is 7.43. The molecule has 4 aromatic rings. The average molecular weight is 552 g/mol. The Labute approximate surface area is 230 Å². The molecule has 1 aromatic heterocycles. The highest BCUT2D eigenvalue weighted by atomic mass is 19.4. The van der Waals surface area contributed by atoms with Gasteiger partial charge in [-0.1, -0.05) is 42.7 Å². The summed E-state index contributed by atoms with van der Waals surface area (Å²) < 4.78 is 53.6. The number of alkyl halides is 3. The summed E-state index contributed by atoms with van der Waals surface area (Å²) in [5.41, 5.74) is -0.425. The van der Waals surface area contributed by atoms with Gasteiger partial charge in [-0.2, -0.15) is 13.2 Å². The quantitative estimate of drug-likeness (QED) is 0.244. The second kappa shape index (κ2) is 11.8. The van der Waals surface area contributed by atoms with Crippen LogP contribution >= 0.6 is 0 Å². The van der Waals surface area contributed by atoms with E-state index in [1.807, 2.05) is 24.3 Å². The number of halogens is 3. The number of hydrogen-bond acceptors (Lipinski definition) is 5. The van der Waals surface area contributed by atoms with Crippen LogP contribution in [-0.4, -0.2) is 36.2 Å². The molecule has 1 aliphatic heterocycles. The summed E-state index contributed by atoms with van der Waals surface area (Å²) in [5, 5.41) is 10.4. The normalized spacial score (nSPS) is 14.8. The van der Waals surface area contributed by atoms with E-state index in [9.17, 15) is 23.1 Å². The standard InChI is InChI=1S/C32H32F3NO4/c1-21-6-12-26(28(18-21)32(33,34)35)30-27(25-13-9-23(37)20-29(25)40-31(30)38)19-22-7-10-24(11-8-22)39-17-16-36-14-4-2-3-5-15-36/h6-13,18,20,37H,2-5,14-17,19H2,1H3. The highest BCUT2D eigenvalue weighted by Crippen LogP contribution is 2.40. The zero-order valence-electron chi connectivity index (χ0n) is 22.4. The van der Waals surface area contributed by atoms with E-state index >= 15 is 0 Å². The first-order valence-electron chi connectivity index (χ1n) is 13.6. The van der Waals surface area contributed by atoms with E-state index in [2.05, 4.69) is 4.90 Å². The topological polar surface area (TPSA) is 62.9 Å². The average Bonchev–Trinajstić information content (AvgIpc) is 3.18. The summed E-state index contributed by atoms with van der Waals surface area (Å²) in [6.45, 7) is 5.20. The lowest BCUT2D eigenvalue weighted by Crippen LogP contribution is -2.29. The van der Waals surface area contributed by atoms with Crippen molar-refractivity contribution in [2.45, 2.75) is 45.2 Å². The molecule has 2 heterocycles. The third-order valence-electron chi connectivity index (χ3n) is 7.43. The number of phenols is 1. The fraction of sp³-hybridized carbons (Fsp3) is 0.344. The molecule has 1 aliphatic rings. The van der Waals surface area contributed by atoms with Gasteiger partial charge in [-0.3, -0.25) is 4.90 Å². The molecule has 1 fully saturated rings. The summed E-state index contributed by atoms with van der Waals surface area (Å²) in [7, 11) is 0. The number of hydrogen-bond donors (Lipinski definition) is 1. The molecule has 0 radical (unpaired) electrons. The zero-order valence-corrected chi connectivity index (χ0v) is 22.4. The molecule has 0 unspecified atom stereocenters. The van der Waals surface area contributed by atoms with E-state index in [1.165, 1.54) is 43.9 Å². The first-order valence-corrected chi connectivity index (χ1v) is 13.6. The van der Waals surface area contributed by atoms with Crippen LogP contribution in [0.3, 0.4) is 0 Å². The van der Waals surface area contributed by atoms with E-state index in [-0.39, 0.29) is 28.9 Å². The van der Waals surface area contributed by atoms with Crippen molar-refractivity contribution >= 4 is 11.0 Å². The van der Waals surface area contributed by atoms with Gasteiger partial charge in [-0.05, 0) is 80.7 Å². The molecule has 8 heteroatoms. The minimum atomic E-state index is -4.67. The predicted octanol–water partition coefficient (Wildman–Crippen LogP) is 7.34. The first kappa shape index (κ1) is 27.8. The van der Waals surface area contributed by atoms with Crippen LogP contribution in [0.1, 0.15) is 47.9 Å². The smallest absolute Gasteiger partial charge is 0.417 e. The molecular weight excluding hydrogens is 519 g/mol. The summed E-state index contributed by atoms with van der Waals surface area (Å²) in [5.74, 6) is 0.599. The van der Waals surface area contributed by atoms with E-state index in [0.717, 1.165) is 31.3 Å². The number of aryl methyl sites for hydroxylation is 1. The number of likely N-dealkylation sites (tertiary alicyclic amines) is 1. The molecule has 0 atom stereocenters. The second-order valence-corrected chi connectivity index (χ2v) is 10.4. The molecule has 1 N–H and O–H groups in total. The Morgan fingerprint density at radius 3 is 2.38 bits per heavy atom. The fourth-order valence-corrected chi connectivity index (χ4v) is 5.38. The molecule has 0 bridgehead atoms. The minimum absolute atomic E-state index is 0.109. The van der Waals surface area contributed by atoms with Gasteiger partial charge in [0.05, 0.1) is 11.1 Å². The molecule has 0 aliphatic carbocycles. The van der Waals surface area contributed by atoms with Crippen molar-refractivity contribution in [3.05, 3.63) is 93.3 Å². The minimum Gasteiger partial charge on any atom is -0.508 e. The van der Waals surface area contributed by atoms with Gasteiger partial charge in [-0.15, -0.1) is 0 Å². The Kier molecular flexibility index (Phi) is 8.17. The van der Waals surface area contributed by atoms with Crippen molar-refractivity contribution in [2.75, 3.05) is 26.2 Å². The Bertz CT molecular complexity index is 1540. The van der Waals surface area contributed by atoms with Gasteiger partial charge >= 0.3 is 11.8 Å². The summed E-state index contributed by atoms with van der Waals surface area (Å²) in [4.78, 5) is 15.6. The molecule has 5 rings (SSSR count). The van der Waals surface area contributed by atoms with Gasteiger partial charge in [0.2, 0.25) is 0 Å². The van der Waals surface area contributed by atoms with Crippen LogP contribution in [0.5, 0.6) is 11.5 Å². The van der Waals surface area contributed by atoms with Crippen LogP contribution in [0, 0.1) is 6.92 Å². The van der Waals surface area contributed by atoms with Crippen molar-refractivity contribution in [1.29, 1.82) is 0 Å². The number of rotatable bonds is 7. The van der Waals surface area contributed by atoms with Crippen LogP contribution < -0.4 is 10.4 Å². The van der Waals surface area contributed by atoms with Crippen LogP contribution in [-0.2, 0) is 12.6 Å². The second-order valence-electron chi connectivity index (χ2n) is 10.4. The van der Waals surface area contributed by atoms with Crippen LogP contribution in [0.25, 0.3) is 22.1 Å². The highest BCUT2D eigenvalue weighted by molar-refractivity contribution is 5.89. The van der Waals surface area contributed by atoms with Crippen molar-refractivity contribution in [3.63, 3.8) is 0 Å². The van der Waals surface area contributed by atoms with Crippen LogP contribution in [0.15, 0.2) is 69.9 Å². The Morgan fingerprint density at radius 2 is 1.68 bits per heavy atom. The molecule has 0 spiro atoms. The van der Waals surface area contributed by atoms with Gasteiger partial charge in [0, 0.05) is 23.6 Å². The van der Waals surface area contributed by atoms with Gasteiger partial charge in [-0.25, -0.2) is 4.79 Å². The first-order chi connectivity index (χ1) is 19.2. The van der Waals surface area contributed by atoms with Crippen LogP contribution in [0.2, 0.25) is 0 Å². The van der Waals surface area contributed by atoms with Crippen molar-refractivity contribution < 1.29 is 27.4 Å². The van der Waals surface area contributed by atoms with Gasteiger partial charge in [0.1, 0.15) is 23.7 Å². The van der Waals surface area contributed by atoms with E-state index in [1.54, 1.807) is 19.1 Å². The van der Waals surface area contributed by atoms with Gasteiger partial charge < -0.3 is 14.3 Å². The number of benzene rings is 3. The lowest BCUT2D eigenvalue weighted by atomic mass is 9.90. The molecule has 1 saturated heterocycles. The lowest BCUT2D eigenvalue weighted by molar-refractivity contribution is -0.137. The summed E-state index contributed by atoms with van der Waals surface area (Å²) in [6, 6.07) is 15.6. The van der Waals surface area contributed by atoms with Gasteiger partial charge in [0.25, 0.3) is 0 Å². The van der Waals surface area contributed by atoms with E-state index in [4.69, 9.17) is 9.15 Å². The van der Waals surface area contributed by atoms with Crippen molar-refractivity contribution in [2.24, 2.45) is 0 Å². The molecule has 210 valence electrons. The number of phenolic OH excluding ortho intramolecular Hbond substituents is 1. The fourth-order valence-electron chi connectivity index (χ4n) is 5.38. The third kappa shape index (κ3) is 6.33. The predicted molar refractivity (Wildman–Crippen MR) is 149 cm³/mol. The molecule has 0 saturated carbocycles. The van der Waals surface area contributed by atoms with Crippen molar-refractivity contribution in [3.8, 4) is 22.6 Å². The molecular formula is C32H32F3NO4. The zero-order chi connectivity index (χ0) is 28.3. The number of nitrogens with zero attached hydrogens (tertiary/aromatic N) is 1. The molecule has 40 heavy (non-hydrogen) atoms. The van der Waals surface area contributed by atoms with E-state index < -0.39 is 17.4 Å². The summed E-state index contributed by atoms with van der Waals surface area (Å²) in [6.07, 6.45) is 0.512. The maximum absolute atomic E-state index is 14.1. The maximum atomic E-state index is 14.1. The van der Waals surface area contributed by atoms with Gasteiger partial charge in [0.15, 0.2) is 0 Å². The Morgan fingerprint density at radius 1 is 0.950 bits per heavy atom. The van der Waals surface area contributed by atoms with E-state index in [0.29, 0.717) is 28.9 Å². The number of ether oxygens (including phenoxy) is 1. The molecule has 5 nitrogen and oxygen atoms in total. The lowest BCUT2D eigenvalue weighted by Gasteiger charge is -2.19. The summed E-state index contributed by atoms with van der Waals surface area (Å²) >= 11 is 0. The monoisotopic (exact) mass is 551 g/mol. The van der Waals surface area contributed by atoms with Crippen molar-refractivity contribution in [1.82, 2.24) is 4.90 Å². The SMILES string of the molecule is Cc1ccc(-c2c(Cc3ccc(OCCN4CCCCCC4)cc3)c3ccc(O)cc3oc2=O)c(C(F)(F)F)c1. The molecule has 0 amide bonds. The Hall–Kier alpha value is -3.78. The Balaban J connectivity index is 1.47. The molecule has 3 aromatic carbocycles. The number of fused-ring (bicyclic) bond motifs is 1. The van der Waals surface area contributed by atoms with Crippen LogP contribution in [0.4, 0.5) is 13.2 Å².